The second-order valence-corrected chi connectivity index (χ2v) is 6.14. The summed E-state index contributed by atoms with van der Waals surface area (Å²) in [6.45, 7) is 2.03. The predicted molar refractivity (Wildman–Crippen MR) is 112 cm³/mol. The Hall–Kier alpha value is -4.08. The summed E-state index contributed by atoms with van der Waals surface area (Å²) in [6.07, 6.45) is 14.7. The molecule has 1 fully saturated rings. The van der Waals surface area contributed by atoms with E-state index in [1.165, 1.54) is 22.7 Å². The Labute approximate surface area is 174 Å². The van der Waals surface area contributed by atoms with Gasteiger partial charge in [0, 0.05) is 26.1 Å². The number of primary amides is 1. The fourth-order valence-corrected chi connectivity index (χ4v) is 2.51. The molecule has 156 valence electrons. The molecule has 0 saturated carbocycles. The Morgan fingerprint density at radius 2 is 2.03 bits per heavy atom. The van der Waals surface area contributed by atoms with Gasteiger partial charge >= 0.3 is 0 Å². The van der Waals surface area contributed by atoms with Crippen LogP contribution in [0.4, 0.5) is 5.69 Å². The first kappa shape index (κ1) is 24.0. The van der Waals surface area contributed by atoms with Crippen molar-refractivity contribution in [2.45, 2.75) is 19.4 Å². The van der Waals surface area contributed by atoms with E-state index in [0.29, 0.717) is 24.2 Å². The molecule has 3 amide bonds. The first-order valence-electron chi connectivity index (χ1n) is 8.73. The number of rotatable bonds is 3. The van der Waals surface area contributed by atoms with E-state index in [1.807, 2.05) is 0 Å². The molecule has 1 atom stereocenters. The van der Waals surface area contributed by atoms with Gasteiger partial charge in [-0.3, -0.25) is 14.4 Å². The predicted octanol–water partition coefficient (Wildman–Crippen LogP) is 0.370. The van der Waals surface area contributed by atoms with Crippen LogP contribution in [0.15, 0.2) is 30.5 Å². The summed E-state index contributed by atoms with van der Waals surface area (Å²) in [6, 6.07) is 7.05. The van der Waals surface area contributed by atoms with Gasteiger partial charge in [-0.05, 0) is 24.6 Å². The molecule has 0 spiro atoms. The van der Waals surface area contributed by atoms with E-state index in [1.54, 1.807) is 31.3 Å². The molecule has 0 unspecified atom stereocenters. The number of aliphatic hydroxyl groups excluding tert-OH is 1. The van der Waals surface area contributed by atoms with Crippen LogP contribution in [-0.4, -0.2) is 57.2 Å². The van der Waals surface area contributed by atoms with Crippen LogP contribution in [0.25, 0.3) is 5.69 Å². The van der Waals surface area contributed by atoms with Crippen LogP contribution in [0.5, 0.6) is 0 Å². The second kappa shape index (κ2) is 11.1. The van der Waals surface area contributed by atoms with Gasteiger partial charge in [0.05, 0.1) is 17.6 Å². The van der Waals surface area contributed by atoms with E-state index in [2.05, 4.69) is 29.2 Å². The molecule has 2 aromatic rings. The zero-order chi connectivity index (χ0) is 22.8. The quantitative estimate of drug-likeness (QED) is 0.631. The number of terminal acetylenes is 2. The lowest BCUT2D eigenvalue weighted by molar-refractivity contribution is -0.133. The molecule has 4 N–H and O–H groups in total. The van der Waals surface area contributed by atoms with Gasteiger partial charge in [0.1, 0.15) is 6.10 Å². The Kier molecular flexibility index (Phi) is 8.83. The normalized spacial score (nSPS) is 14.5. The molecule has 9 nitrogen and oxygen atoms in total. The minimum absolute atomic E-state index is 0.00805. The Bertz CT molecular complexity index is 975. The number of nitrogens with zero attached hydrogens (tertiary/aromatic N) is 3. The van der Waals surface area contributed by atoms with Crippen molar-refractivity contribution in [3.63, 3.8) is 0 Å². The molecule has 30 heavy (non-hydrogen) atoms. The van der Waals surface area contributed by atoms with Gasteiger partial charge in [-0.25, -0.2) is 4.68 Å². The maximum atomic E-state index is 11.3. The zero-order valence-corrected chi connectivity index (χ0v) is 16.7. The highest BCUT2D eigenvalue weighted by Crippen LogP contribution is 2.17. The van der Waals surface area contributed by atoms with Crippen LogP contribution >= 0.6 is 0 Å². The van der Waals surface area contributed by atoms with E-state index >= 15 is 0 Å². The number of likely N-dealkylation sites (tertiary alicyclic amines) is 1. The number of carbonyl (C=O) groups excluding carboxylic acids is 3. The molecular formula is C21H23N5O4. The Morgan fingerprint density at radius 3 is 2.47 bits per heavy atom. The molecule has 1 aromatic heterocycles. The van der Waals surface area contributed by atoms with Crippen LogP contribution in [0.2, 0.25) is 0 Å². The van der Waals surface area contributed by atoms with Gasteiger partial charge in [0.25, 0.3) is 11.8 Å². The molecule has 1 aromatic carbocycles. The lowest BCUT2D eigenvalue weighted by Gasteiger charge is -2.04. The van der Waals surface area contributed by atoms with Gasteiger partial charge < -0.3 is 21.1 Å². The van der Waals surface area contributed by atoms with Crippen LogP contribution in [0, 0.1) is 25.2 Å². The first-order chi connectivity index (χ1) is 14.2. The number of amides is 3. The van der Waals surface area contributed by atoms with Crippen LogP contribution in [-0.2, 0) is 9.59 Å². The van der Waals surface area contributed by atoms with E-state index in [4.69, 9.17) is 17.3 Å². The van der Waals surface area contributed by atoms with E-state index in [-0.39, 0.29) is 23.2 Å². The third kappa shape index (κ3) is 6.23. The summed E-state index contributed by atoms with van der Waals surface area (Å²) in [4.78, 5) is 34.6. The number of nitrogens with one attached hydrogen (secondary N) is 1. The molecule has 2 heterocycles. The van der Waals surface area contributed by atoms with Gasteiger partial charge in [0.2, 0.25) is 5.91 Å². The van der Waals surface area contributed by atoms with Crippen molar-refractivity contribution < 1.29 is 19.5 Å². The smallest absolute Gasteiger partial charge is 0.271 e. The number of benzene rings is 1. The number of likely N-dealkylation sites (N-methyl/N-ethyl adjacent to an activating group) is 1. The average molecular weight is 409 g/mol. The van der Waals surface area contributed by atoms with Crippen LogP contribution in [0.1, 0.15) is 29.4 Å². The van der Waals surface area contributed by atoms with Gasteiger partial charge in [-0.1, -0.05) is 12.0 Å². The molecule has 1 saturated heterocycles. The number of hydrogen-bond donors (Lipinski definition) is 3. The number of nitrogens with two attached hydrogens (primary N) is 1. The average Bonchev–Trinajstić information content (AvgIpc) is 3.28. The van der Waals surface area contributed by atoms with E-state index < -0.39 is 12.0 Å². The van der Waals surface area contributed by atoms with Crippen molar-refractivity contribution in [3.8, 4) is 30.9 Å². The zero-order valence-electron chi connectivity index (χ0n) is 16.7. The molecule has 1 aliphatic heterocycles. The van der Waals surface area contributed by atoms with Gasteiger partial charge in [-0.2, -0.15) is 5.10 Å². The maximum Gasteiger partial charge on any atom is 0.271 e. The number of aliphatic hydroxyl groups is 1. The van der Waals surface area contributed by atoms with Gasteiger partial charge in [0.15, 0.2) is 5.69 Å². The fraction of sp³-hybridized carbons (Fsp3) is 0.238. The highest BCUT2D eigenvalue weighted by Gasteiger charge is 2.26. The molecule has 0 aliphatic carbocycles. The molecule has 0 radical (unpaired) electrons. The third-order valence-electron chi connectivity index (χ3n) is 3.93. The van der Waals surface area contributed by atoms with Crippen molar-refractivity contribution in [2.24, 2.45) is 5.73 Å². The minimum Gasteiger partial charge on any atom is -0.383 e. The maximum absolute atomic E-state index is 11.3. The Morgan fingerprint density at radius 1 is 1.37 bits per heavy atom. The van der Waals surface area contributed by atoms with Crippen LogP contribution in [0.3, 0.4) is 0 Å². The summed E-state index contributed by atoms with van der Waals surface area (Å²) in [5.41, 5.74) is 6.84. The van der Waals surface area contributed by atoms with Crippen molar-refractivity contribution in [2.75, 3.05) is 18.9 Å². The number of carbonyl (C=O) groups is 3. The highest BCUT2D eigenvalue weighted by molar-refractivity contribution is 6.01. The topological polar surface area (TPSA) is 131 Å². The lowest BCUT2D eigenvalue weighted by Crippen LogP contribution is -2.24. The van der Waals surface area contributed by atoms with E-state index in [9.17, 15) is 14.4 Å². The first-order valence-corrected chi connectivity index (χ1v) is 8.73. The molecule has 1 aliphatic rings. The minimum atomic E-state index is -0.722. The van der Waals surface area contributed by atoms with E-state index in [0.717, 1.165) is 0 Å². The van der Waals surface area contributed by atoms with Gasteiger partial charge in [-0.15, -0.1) is 19.3 Å². The SMILES string of the molecule is C#C.C#Cc1cccc(-n2cc(NC(C)=O)c(C(N)=O)n2)c1.CN1CC[C@H](O)C1=O. The summed E-state index contributed by atoms with van der Waals surface area (Å²) >= 11 is 0. The summed E-state index contributed by atoms with van der Waals surface area (Å²) in [5, 5.41) is 15.4. The summed E-state index contributed by atoms with van der Waals surface area (Å²) in [5.74, 6) is 1.33. The van der Waals surface area contributed by atoms with Crippen molar-refractivity contribution in [3.05, 3.63) is 41.7 Å². The molecule has 9 heteroatoms. The van der Waals surface area contributed by atoms with Crippen LogP contribution < -0.4 is 11.1 Å². The largest absolute Gasteiger partial charge is 0.383 e. The lowest BCUT2D eigenvalue weighted by atomic mass is 10.2. The molecular weight excluding hydrogens is 386 g/mol. The highest BCUT2D eigenvalue weighted by atomic mass is 16.3. The fourth-order valence-electron chi connectivity index (χ4n) is 2.51. The summed E-state index contributed by atoms with van der Waals surface area (Å²) in [7, 11) is 1.69. The van der Waals surface area contributed by atoms with Crippen molar-refractivity contribution >= 4 is 23.4 Å². The van der Waals surface area contributed by atoms with Crippen molar-refractivity contribution in [1.29, 1.82) is 0 Å². The number of hydrogen-bond acceptors (Lipinski definition) is 5. The second-order valence-electron chi connectivity index (χ2n) is 6.14. The Balaban J connectivity index is 0.000000375. The number of anilines is 1. The van der Waals surface area contributed by atoms with Crippen molar-refractivity contribution in [1.82, 2.24) is 14.7 Å². The number of aromatic nitrogens is 2. The monoisotopic (exact) mass is 409 g/mol. The summed E-state index contributed by atoms with van der Waals surface area (Å²) < 4.78 is 1.44. The molecule has 3 rings (SSSR count). The standard InChI is InChI=1S/C14H12N4O2.C5H9NO2.C2H2/c1-3-10-5-4-6-11(7-10)18-8-12(16-9(2)19)13(17-18)14(15)20;1-6-3-2-4(7)5(6)8;1-2/h1,4-8H,2H3,(H2,15,20)(H,16,19);4,7H,2-3H2,1H3;1-2H/t;4-;/m.0./s1. The third-order valence-corrected chi connectivity index (χ3v) is 3.93. The molecule has 0 bridgehead atoms.